The summed E-state index contributed by atoms with van der Waals surface area (Å²) in [5.41, 5.74) is 6.37. The highest BCUT2D eigenvalue weighted by Crippen LogP contribution is 2.26. The third kappa shape index (κ3) is 2.53. The Morgan fingerprint density at radius 2 is 1.82 bits per heavy atom. The van der Waals surface area contributed by atoms with Gasteiger partial charge in [0, 0.05) is 24.5 Å². The highest BCUT2D eigenvalue weighted by Gasteiger charge is 2.06. The molecule has 2 nitrogen and oxygen atoms in total. The Hall–Kier alpha value is -1.67. The average Bonchev–Trinajstić information content (AvgIpc) is 2.33. The molecule has 2 aromatic rings. The second-order valence-electron chi connectivity index (χ2n) is 4.37. The maximum Gasteiger partial charge on any atom is 0.0349 e. The third-order valence-electron chi connectivity index (χ3n) is 3.01. The number of benzene rings is 1. The number of aryl methyl sites for hydroxylation is 2. The van der Waals surface area contributed by atoms with Crippen molar-refractivity contribution >= 4 is 0 Å². The van der Waals surface area contributed by atoms with E-state index in [9.17, 15) is 0 Å². The van der Waals surface area contributed by atoms with E-state index >= 15 is 0 Å². The molecule has 2 heteroatoms. The van der Waals surface area contributed by atoms with Crippen LogP contribution in [-0.4, -0.2) is 12.0 Å². The van der Waals surface area contributed by atoms with Gasteiger partial charge in [-0.15, -0.1) is 0 Å². The first kappa shape index (κ1) is 11.8. The van der Waals surface area contributed by atoms with Gasteiger partial charge in [-0.25, -0.2) is 0 Å². The lowest BCUT2D eigenvalue weighted by atomic mass is 9.96. The van der Waals surface area contributed by atoms with Gasteiger partial charge in [0.05, 0.1) is 0 Å². The van der Waals surface area contributed by atoms with Crippen molar-refractivity contribution in [2.45, 2.75) is 20.4 Å². The molecule has 0 amide bonds. The molecule has 1 aromatic carbocycles. The maximum atomic E-state index is 4.22. The van der Waals surface area contributed by atoms with Crippen molar-refractivity contribution in [2.24, 2.45) is 0 Å². The predicted octanol–water partition coefficient (Wildman–Crippen LogP) is 3.08. The summed E-state index contributed by atoms with van der Waals surface area (Å²) in [5.74, 6) is 0. The normalized spacial score (nSPS) is 10.5. The molecule has 1 N–H and O–H groups in total. The molecule has 0 aliphatic heterocycles. The van der Waals surface area contributed by atoms with Crippen molar-refractivity contribution in [3.8, 4) is 11.1 Å². The summed E-state index contributed by atoms with van der Waals surface area (Å²) in [6.45, 7) is 5.17. The lowest BCUT2D eigenvalue weighted by molar-refractivity contribution is 0.818. The van der Waals surface area contributed by atoms with Crippen LogP contribution in [0.2, 0.25) is 0 Å². The zero-order valence-corrected chi connectivity index (χ0v) is 10.6. The molecule has 0 aliphatic carbocycles. The standard InChI is InChI=1S/C15H18N2/c1-11-4-5-13(9-16-3)8-14(11)15-10-17-7-6-12(15)2/h4-8,10,16H,9H2,1-3H3. The summed E-state index contributed by atoms with van der Waals surface area (Å²) in [6, 6.07) is 8.64. The quantitative estimate of drug-likeness (QED) is 0.870. The fourth-order valence-corrected chi connectivity index (χ4v) is 2.02. The summed E-state index contributed by atoms with van der Waals surface area (Å²) in [4.78, 5) is 4.22. The minimum absolute atomic E-state index is 0.895. The third-order valence-corrected chi connectivity index (χ3v) is 3.01. The van der Waals surface area contributed by atoms with Crippen LogP contribution in [0, 0.1) is 13.8 Å². The van der Waals surface area contributed by atoms with E-state index in [1.807, 2.05) is 19.4 Å². The molecular formula is C15H18N2. The maximum absolute atomic E-state index is 4.22. The van der Waals surface area contributed by atoms with Gasteiger partial charge in [0.15, 0.2) is 0 Å². The van der Waals surface area contributed by atoms with E-state index < -0.39 is 0 Å². The van der Waals surface area contributed by atoms with E-state index in [1.165, 1.54) is 27.8 Å². The van der Waals surface area contributed by atoms with Crippen molar-refractivity contribution in [2.75, 3.05) is 7.05 Å². The Kier molecular flexibility index (Phi) is 3.55. The van der Waals surface area contributed by atoms with Crippen LogP contribution >= 0.6 is 0 Å². The second kappa shape index (κ2) is 5.11. The number of nitrogens with one attached hydrogen (secondary N) is 1. The first-order valence-electron chi connectivity index (χ1n) is 5.87. The van der Waals surface area contributed by atoms with Crippen molar-refractivity contribution in [3.63, 3.8) is 0 Å². The Bertz CT molecular complexity index is 518. The highest BCUT2D eigenvalue weighted by atomic mass is 14.8. The summed E-state index contributed by atoms with van der Waals surface area (Å²) < 4.78 is 0. The molecular weight excluding hydrogens is 208 g/mol. The van der Waals surface area contributed by atoms with E-state index in [0.29, 0.717) is 0 Å². The predicted molar refractivity (Wildman–Crippen MR) is 71.9 cm³/mol. The molecule has 1 heterocycles. The molecule has 0 radical (unpaired) electrons. The fourth-order valence-electron chi connectivity index (χ4n) is 2.02. The van der Waals surface area contributed by atoms with Crippen LogP contribution in [0.5, 0.6) is 0 Å². The molecule has 0 saturated carbocycles. The van der Waals surface area contributed by atoms with E-state index in [2.05, 4.69) is 48.4 Å². The molecule has 0 unspecified atom stereocenters. The van der Waals surface area contributed by atoms with Crippen LogP contribution in [0.25, 0.3) is 11.1 Å². The van der Waals surface area contributed by atoms with Crippen LogP contribution in [0.4, 0.5) is 0 Å². The van der Waals surface area contributed by atoms with Gasteiger partial charge in [0.1, 0.15) is 0 Å². The number of pyridine rings is 1. The molecule has 17 heavy (non-hydrogen) atoms. The Balaban J connectivity index is 2.51. The van der Waals surface area contributed by atoms with Crippen molar-refractivity contribution in [1.29, 1.82) is 0 Å². The van der Waals surface area contributed by atoms with Gasteiger partial charge in [0.2, 0.25) is 0 Å². The number of hydrogen-bond donors (Lipinski definition) is 1. The number of rotatable bonds is 3. The highest BCUT2D eigenvalue weighted by molar-refractivity contribution is 5.70. The summed E-state index contributed by atoms with van der Waals surface area (Å²) in [5, 5.41) is 3.18. The summed E-state index contributed by atoms with van der Waals surface area (Å²) in [6.07, 6.45) is 3.78. The Morgan fingerprint density at radius 3 is 2.53 bits per heavy atom. The Labute approximate surface area is 103 Å². The molecule has 2 rings (SSSR count). The first-order valence-corrected chi connectivity index (χ1v) is 5.87. The minimum Gasteiger partial charge on any atom is -0.316 e. The molecule has 0 atom stereocenters. The summed E-state index contributed by atoms with van der Waals surface area (Å²) >= 11 is 0. The van der Waals surface area contributed by atoms with Crippen LogP contribution in [0.1, 0.15) is 16.7 Å². The molecule has 0 fully saturated rings. The molecule has 88 valence electrons. The molecule has 0 bridgehead atoms. The summed E-state index contributed by atoms with van der Waals surface area (Å²) in [7, 11) is 1.97. The number of hydrogen-bond acceptors (Lipinski definition) is 2. The SMILES string of the molecule is CNCc1ccc(C)c(-c2cnccc2C)c1. The van der Waals surface area contributed by atoms with Gasteiger partial charge in [0.25, 0.3) is 0 Å². The van der Waals surface area contributed by atoms with E-state index in [-0.39, 0.29) is 0 Å². The van der Waals surface area contributed by atoms with Crippen molar-refractivity contribution in [1.82, 2.24) is 10.3 Å². The van der Waals surface area contributed by atoms with Crippen LogP contribution in [-0.2, 0) is 6.54 Å². The van der Waals surface area contributed by atoms with Crippen molar-refractivity contribution < 1.29 is 0 Å². The van der Waals surface area contributed by atoms with Gasteiger partial charge in [-0.2, -0.15) is 0 Å². The molecule has 1 aromatic heterocycles. The number of nitrogens with zero attached hydrogens (tertiary/aromatic N) is 1. The lowest BCUT2D eigenvalue weighted by Gasteiger charge is -2.11. The van der Waals surface area contributed by atoms with Crippen LogP contribution in [0.3, 0.4) is 0 Å². The fraction of sp³-hybridized carbons (Fsp3) is 0.267. The van der Waals surface area contributed by atoms with E-state index in [1.54, 1.807) is 0 Å². The zero-order valence-electron chi connectivity index (χ0n) is 10.6. The van der Waals surface area contributed by atoms with E-state index in [0.717, 1.165) is 6.54 Å². The van der Waals surface area contributed by atoms with Crippen molar-refractivity contribution in [3.05, 3.63) is 53.3 Å². The molecule has 0 spiro atoms. The average molecular weight is 226 g/mol. The monoisotopic (exact) mass is 226 g/mol. The smallest absolute Gasteiger partial charge is 0.0349 e. The van der Waals surface area contributed by atoms with Gasteiger partial charge in [-0.1, -0.05) is 12.1 Å². The first-order chi connectivity index (χ1) is 8.22. The zero-order chi connectivity index (χ0) is 12.3. The topological polar surface area (TPSA) is 24.9 Å². The minimum atomic E-state index is 0.895. The second-order valence-corrected chi connectivity index (χ2v) is 4.37. The largest absolute Gasteiger partial charge is 0.316 e. The molecule has 0 saturated heterocycles. The van der Waals surface area contributed by atoms with E-state index in [4.69, 9.17) is 0 Å². The van der Waals surface area contributed by atoms with Gasteiger partial charge < -0.3 is 5.32 Å². The van der Waals surface area contributed by atoms with Gasteiger partial charge >= 0.3 is 0 Å². The van der Waals surface area contributed by atoms with Crippen LogP contribution < -0.4 is 5.32 Å². The van der Waals surface area contributed by atoms with Gasteiger partial charge in [-0.05, 0) is 55.3 Å². The Morgan fingerprint density at radius 1 is 1.06 bits per heavy atom. The lowest BCUT2D eigenvalue weighted by Crippen LogP contribution is -2.05. The van der Waals surface area contributed by atoms with Crippen LogP contribution in [0.15, 0.2) is 36.7 Å². The number of aromatic nitrogens is 1. The molecule has 0 aliphatic rings. The van der Waals surface area contributed by atoms with Gasteiger partial charge in [-0.3, -0.25) is 4.98 Å².